The van der Waals surface area contributed by atoms with Gasteiger partial charge in [-0.2, -0.15) is 26.3 Å². The third-order valence-corrected chi connectivity index (χ3v) is 2.24. The average Bonchev–Trinajstić information content (AvgIpc) is 2.58. The van der Waals surface area contributed by atoms with E-state index >= 15 is 0 Å². The Morgan fingerprint density at radius 2 is 1.50 bits per heavy atom. The van der Waals surface area contributed by atoms with Crippen molar-refractivity contribution in [2.24, 2.45) is 0 Å². The summed E-state index contributed by atoms with van der Waals surface area (Å²) in [6, 6.07) is 1.43. The van der Waals surface area contributed by atoms with E-state index in [1.807, 2.05) is 0 Å². The van der Waals surface area contributed by atoms with Crippen LogP contribution in [0, 0.1) is 0 Å². The second-order valence-electron chi connectivity index (χ2n) is 3.51. The molecule has 2 rings (SSSR count). The van der Waals surface area contributed by atoms with Crippen LogP contribution in [0.15, 0.2) is 24.3 Å². The Balaban J connectivity index is 2.63. The molecule has 0 aliphatic rings. The Bertz CT molecular complexity index is 541. The molecule has 0 fully saturated rings. The molecule has 2 aromatic rings. The summed E-state index contributed by atoms with van der Waals surface area (Å²) in [5.41, 5.74) is -0.354. The fourth-order valence-corrected chi connectivity index (χ4v) is 1.54. The van der Waals surface area contributed by atoms with Crippen LogP contribution in [-0.2, 0) is 0 Å². The van der Waals surface area contributed by atoms with Crippen molar-refractivity contribution in [3.63, 3.8) is 0 Å². The van der Waals surface area contributed by atoms with Gasteiger partial charge in [-0.3, -0.25) is 0 Å². The summed E-state index contributed by atoms with van der Waals surface area (Å²) in [5.74, 6) is 0. The van der Waals surface area contributed by atoms with Crippen molar-refractivity contribution in [3.05, 3.63) is 24.3 Å². The highest BCUT2D eigenvalue weighted by Gasteiger charge is 2.59. The molecule has 0 bridgehead atoms. The lowest BCUT2D eigenvalue weighted by Crippen LogP contribution is -2.39. The van der Waals surface area contributed by atoms with Crippen molar-refractivity contribution >= 4 is 11.0 Å². The first-order valence-electron chi connectivity index (χ1n) is 4.64. The SMILES string of the molecule is FC(F)(F)C(n1nnc2ccccc21)C(F)(F)F. The molecule has 0 aliphatic carbocycles. The van der Waals surface area contributed by atoms with Crippen LogP contribution in [0.1, 0.15) is 6.04 Å². The van der Waals surface area contributed by atoms with Gasteiger partial charge in [0.25, 0.3) is 0 Å². The van der Waals surface area contributed by atoms with E-state index in [2.05, 4.69) is 10.3 Å². The maximum atomic E-state index is 12.5. The van der Waals surface area contributed by atoms with Crippen molar-refractivity contribution in [3.8, 4) is 0 Å². The summed E-state index contributed by atoms with van der Waals surface area (Å²) in [7, 11) is 0. The molecule has 0 amide bonds. The van der Waals surface area contributed by atoms with Gasteiger partial charge < -0.3 is 0 Å². The molecule has 98 valence electrons. The van der Waals surface area contributed by atoms with Crippen molar-refractivity contribution in [2.75, 3.05) is 0 Å². The molecule has 0 radical (unpaired) electrons. The molecule has 0 unspecified atom stereocenters. The summed E-state index contributed by atoms with van der Waals surface area (Å²) in [6.45, 7) is 0. The average molecular weight is 269 g/mol. The first-order chi connectivity index (χ1) is 8.21. The molecule has 0 spiro atoms. The Hall–Kier alpha value is -1.80. The Labute approximate surface area is 96.0 Å². The second-order valence-corrected chi connectivity index (χ2v) is 3.51. The minimum atomic E-state index is -5.49. The number of fused-ring (bicyclic) bond motifs is 1. The zero-order valence-corrected chi connectivity index (χ0v) is 8.50. The van der Waals surface area contributed by atoms with Crippen LogP contribution >= 0.6 is 0 Å². The summed E-state index contributed by atoms with van der Waals surface area (Å²) in [5, 5.41) is 6.23. The predicted molar refractivity (Wildman–Crippen MR) is 48.7 cm³/mol. The molecule has 0 N–H and O–H groups in total. The van der Waals surface area contributed by atoms with E-state index in [1.165, 1.54) is 18.2 Å². The first kappa shape index (κ1) is 12.7. The van der Waals surface area contributed by atoms with Gasteiger partial charge in [0, 0.05) is 0 Å². The zero-order chi connectivity index (χ0) is 13.6. The second kappa shape index (κ2) is 3.85. The highest BCUT2D eigenvalue weighted by Crippen LogP contribution is 2.43. The van der Waals surface area contributed by atoms with Gasteiger partial charge in [-0.25, -0.2) is 4.68 Å². The lowest BCUT2D eigenvalue weighted by atomic mass is 10.2. The van der Waals surface area contributed by atoms with Crippen molar-refractivity contribution in [1.29, 1.82) is 0 Å². The molecular weight excluding hydrogens is 264 g/mol. The predicted octanol–water partition coefficient (Wildman–Crippen LogP) is 3.10. The van der Waals surface area contributed by atoms with Crippen molar-refractivity contribution in [1.82, 2.24) is 15.0 Å². The lowest BCUT2D eigenvalue weighted by molar-refractivity contribution is -0.276. The van der Waals surface area contributed by atoms with E-state index in [0.717, 1.165) is 6.07 Å². The zero-order valence-electron chi connectivity index (χ0n) is 8.50. The Kier molecular flexibility index (Phi) is 2.71. The van der Waals surface area contributed by atoms with Crippen molar-refractivity contribution in [2.45, 2.75) is 18.4 Å². The van der Waals surface area contributed by atoms with Gasteiger partial charge in [-0.05, 0) is 12.1 Å². The maximum absolute atomic E-state index is 12.5. The Morgan fingerprint density at radius 3 is 2.06 bits per heavy atom. The molecular formula is C9H5F6N3. The van der Waals surface area contributed by atoms with Gasteiger partial charge in [0.1, 0.15) is 5.52 Å². The number of nitrogens with zero attached hydrogens (tertiary/aromatic N) is 3. The van der Waals surface area contributed by atoms with E-state index in [1.54, 1.807) is 0 Å². The van der Waals surface area contributed by atoms with E-state index in [-0.39, 0.29) is 15.7 Å². The normalized spacial score (nSPS) is 13.5. The summed E-state index contributed by atoms with van der Waals surface area (Å²) in [6.07, 6.45) is -11.0. The number of para-hydroxylation sites is 1. The third kappa shape index (κ3) is 2.12. The molecule has 0 atom stereocenters. The van der Waals surface area contributed by atoms with Crippen LogP contribution in [0.25, 0.3) is 11.0 Å². The van der Waals surface area contributed by atoms with Gasteiger partial charge in [0.05, 0.1) is 5.52 Å². The molecule has 1 aromatic carbocycles. The molecule has 0 saturated carbocycles. The quantitative estimate of drug-likeness (QED) is 0.745. The lowest BCUT2D eigenvalue weighted by Gasteiger charge is -2.23. The smallest absolute Gasteiger partial charge is 0.223 e. The number of hydrogen-bond acceptors (Lipinski definition) is 2. The highest BCUT2D eigenvalue weighted by atomic mass is 19.4. The van der Waals surface area contributed by atoms with Crippen LogP contribution in [0.2, 0.25) is 0 Å². The van der Waals surface area contributed by atoms with Crippen LogP contribution in [0.3, 0.4) is 0 Å². The van der Waals surface area contributed by atoms with Crippen molar-refractivity contribution < 1.29 is 26.3 Å². The van der Waals surface area contributed by atoms with Crippen LogP contribution in [-0.4, -0.2) is 27.3 Å². The van der Waals surface area contributed by atoms with E-state index < -0.39 is 18.4 Å². The van der Waals surface area contributed by atoms with Crippen LogP contribution < -0.4 is 0 Å². The van der Waals surface area contributed by atoms with Gasteiger partial charge in [0.2, 0.25) is 6.04 Å². The molecule has 1 aromatic heterocycles. The fourth-order valence-electron chi connectivity index (χ4n) is 1.54. The standard InChI is InChI=1S/C9H5F6N3/c10-8(11,12)7(9(13,14)15)18-6-4-2-1-3-5(6)16-17-18/h1-4,7H. The van der Waals surface area contributed by atoms with E-state index in [4.69, 9.17) is 0 Å². The molecule has 0 aliphatic heterocycles. The minimum Gasteiger partial charge on any atom is -0.223 e. The maximum Gasteiger partial charge on any atom is 0.419 e. The third-order valence-electron chi connectivity index (χ3n) is 2.24. The van der Waals surface area contributed by atoms with Gasteiger partial charge >= 0.3 is 12.4 Å². The number of halogens is 6. The van der Waals surface area contributed by atoms with E-state index in [0.29, 0.717) is 0 Å². The van der Waals surface area contributed by atoms with Gasteiger partial charge in [-0.15, -0.1) is 5.10 Å². The number of hydrogen-bond donors (Lipinski definition) is 0. The first-order valence-corrected chi connectivity index (χ1v) is 4.64. The molecule has 3 nitrogen and oxygen atoms in total. The largest absolute Gasteiger partial charge is 0.419 e. The summed E-state index contributed by atoms with van der Waals surface area (Å²) >= 11 is 0. The Morgan fingerprint density at radius 1 is 0.944 bits per heavy atom. The molecule has 0 saturated heterocycles. The minimum absolute atomic E-state index is 0.0315. The summed E-state index contributed by atoms with van der Waals surface area (Å²) in [4.78, 5) is 0. The molecule has 9 heteroatoms. The topological polar surface area (TPSA) is 30.7 Å². The molecule has 1 heterocycles. The van der Waals surface area contributed by atoms with Crippen LogP contribution in [0.4, 0.5) is 26.3 Å². The summed E-state index contributed by atoms with van der Waals surface area (Å²) < 4.78 is 74.8. The highest BCUT2D eigenvalue weighted by molar-refractivity contribution is 5.74. The van der Waals surface area contributed by atoms with Gasteiger partial charge in [0.15, 0.2) is 0 Å². The molecule has 18 heavy (non-hydrogen) atoms. The van der Waals surface area contributed by atoms with Crippen LogP contribution in [0.5, 0.6) is 0 Å². The van der Waals surface area contributed by atoms with E-state index in [9.17, 15) is 26.3 Å². The van der Waals surface area contributed by atoms with Gasteiger partial charge in [-0.1, -0.05) is 17.3 Å². The number of rotatable bonds is 1. The number of benzene rings is 1. The monoisotopic (exact) mass is 269 g/mol. The number of aromatic nitrogens is 3. The fraction of sp³-hybridized carbons (Fsp3) is 0.333. The number of alkyl halides is 6.